The van der Waals surface area contributed by atoms with E-state index in [1.54, 1.807) is 6.07 Å². The molecule has 0 amide bonds. The van der Waals surface area contributed by atoms with Gasteiger partial charge in [-0.05, 0) is 30.9 Å². The molecule has 0 saturated heterocycles. The lowest BCUT2D eigenvalue weighted by atomic mass is 10.1. The van der Waals surface area contributed by atoms with Crippen LogP contribution in [0.3, 0.4) is 0 Å². The van der Waals surface area contributed by atoms with Crippen molar-refractivity contribution in [2.45, 2.75) is 39.2 Å². The van der Waals surface area contributed by atoms with Crippen LogP contribution >= 0.6 is 0 Å². The van der Waals surface area contributed by atoms with E-state index in [-0.39, 0.29) is 17.8 Å². The highest BCUT2D eigenvalue weighted by Gasteiger charge is 2.40. The molecule has 0 aliphatic heterocycles. The maximum atomic E-state index is 13.7. The van der Waals surface area contributed by atoms with E-state index in [1.165, 1.54) is 6.07 Å². The SMILES string of the molecule is CCNC(=NCC(C)C)NC1CC1c1ccccc1F. The van der Waals surface area contributed by atoms with Gasteiger partial charge in [-0.1, -0.05) is 32.0 Å². The van der Waals surface area contributed by atoms with Gasteiger partial charge < -0.3 is 10.6 Å². The molecule has 2 atom stereocenters. The summed E-state index contributed by atoms with van der Waals surface area (Å²) in [5, 5.41) is 6.64. The van der Waals surface area contributed by atoms with Gasteiger partial charge in [-0.3, -0.25) is 4.99 Å². The van der Waals surface area contributed by atoms with Crippen molar-refractivity contribution < 1.29 is 4.39 Å². The van der Waals surface area contributed by atoms with E-state index in [9.17, 15) is 4.39 Å². The van der Waals surface area contributed by atoms with Crippen LogP contribution in [0, 0.1) is 11.7 Å². The first-order chi connectivity index (χ1) is 9.61. The zero-order valence-corrected chi connectivity index (χ0v) is 12.5. The van der Waals surface area contributed by atoms with E-state index < -0.39 is 0 Å². The highest BCUT2D eigenvalue weighted by atomic mass is 19.1. The van der Waals surface area contributed by atoms with Crippen LogP contribution in [0.1, 0.15) is 38.7 Å². The average molecular weight is 277 g/mol. The number of hydrogen-bond donors (Lipinski definition) is 2. The van der Waals surface area contributed by atoms with E-state index in [2.05, 4.69) is 29.5 Å². The van der Waals surface area contributed by atoms with Crippen molar-refractivity contribution in [3.8, 4) is 0 Å². The van der Waals surface area contributed by atoms with Crippen LogP contribution in [0.2, 0.25) is 0 Å². The number of halogens is 1. The molecule has 1 aliphatic carbocycles. The molecule has 1 aliphatic rings. The molecule has 0 aromatic heterocycles. The smallest absolute Gasteiger partial charge is 0.191 e. The van der Waals surface area contributed by atoms with Gasteiger partial charge in [0.2, 0.25) is 0 Å². The highest BCUT2D eigenvalue weighted by Crippen LogP contribution is 2.41. The molecule has 0 spiro atoms. The van der Waals surface area contributed by atoms with E-state index in [4.69, 9.17) is 0 Å². The predicted octanol–water partition coefficient (Wildman–Crippen LogP) is 2.89. The first-order valence-electron chi connectivity index (χ1n) is 7.41. The van der Waals surface area contributed by atoms with Crippen molar-refractivity contribution in [3.05, 3.63) is 35.6 Å². The number of nitrogens with zero attached hydrogens (tertiary/aromatic N) is 1. The fourth-order valence-electron chi connectivity index (χ4n) is 2.24. The second-order valence-electron chi connectivity index (χ2n) is 5.73. The van der Waals surface area contributed by atoms with E-state index in [0.29, 0.717) is 5.92 Å². The molecule has 0 heterocycles. The summed E-state index contributed by atoms with van der Waals surface area (Å²) in [6.45, 7) is 7.97. The Kier molecular flexibility index (Phi) is 4.99. The summed E-state index contributed by atoms with van der Waals surface area (Å²) in [6.07, 6.45) is 0.965. The summed E-state index contributed by atoms with van der Waals surface area (Å²) in [7, 11) is 0. The molecule has 2 rings (SSSR count). The number of benzene rings is 1. The molecule has 2 unspecified atom stereocenters. The van der Waals surface area contributed by atoms with Crippen molar-refractivity contribution >= 4 is 5.96 Å². The Morgan fingerprint density at radius 3 is 2.80 bits per heavy atom. The van der Waals surface area contributed by atoms with Gasteiger partial charge in [0.25, 0.3) is 0 Å². The molecular weight excluding hydrogens is 253 g/mol. The lowest BCUT2D eigenvalue weighted by Crippen LogP contribution is -2.39. The molecule has 1 aromatic carbocycles. The molecule has 2 N–H and O–H groups in total. The van der Waals surface area contributed by atoms with Gasteiger partial charge in [0.1, 0.15) is 5.82 Å². The van der Waals surface area contributed by atoms with Crippen LogP contribution in [0.25, 0.3) is 0 Å². The average Bonchev–Trinajstić information content (AvgIpc) is 3.16. The zero-order valence-electron chi connectivity index (χ0n) is 12.5. The number of rotatable bonds is 5. The summed E-state index contributed by atoms with van der Waals surface area (Å²) in [5.41, 5.74) is 0.810. The van der Waals surface area contributed by atoms with Gasteiger partial charge in [0.05, 0.1) is 0 Å². The molecule has 1 saturated carbocycles. The van der Waals surface area contributed by atoms with Crippen molar-refractivity contribution in [1.29, 1.82) is 0 Å². The number of nitrogens with one attached hydrogen (secondary N) is 2. The first kappa shape index (κ1) is 14.8. The fourth-order valence-corrected chi connectivity index (χ4v) is 2.24. The van der Waals surface area contributed by atoms with Crippen LogP contribution in [0.5, 0.6) is 0 Å². The summed E-state index contributed by atoms with van der Waals surface area (Å²) in [4.78, 5) is 4.54. The second-order valence-corrected chi connectivity index (χ2v) is 5.73. The maximum absolute atomic E-state index is 13.7. The second kappa shape index (κ2) is 6.73. The minimum absolute atomic E-state index is 0.106. The third-order valence-corrected chi connectivity index (χ3v) is 3.38. The largest absolute Gasteiger partial charge is 0.357 e. The van der Waals surface area contributed by atoms with Gasteiger partial charge in [0.15, 0.2) is 5.96 Å². The van der Waals surface area contributed by atoms with E-state index >= 15 is 0 Å². The van der Waals surface area contributed by atoms with Crippen molar-refractivity contribution in [2.75, 3.05) is 13.1 Å². The number of aliphatic imine (C=N–C) groups is 1. The van der Waals surface area contributed by atoms with Crippen LogP contribution in [0.4, 0.5) is 4.39 Å². The van der Waals surface area contributed by atoms with Gasteiger partial charge in [-0.15, -0.1) is 0 Å². The normalized spacial score (nSPS) is 21.9. The molecule has 4 heteroatoms. The van der Waals surface area contributed by atoms with Crippen molar-refractivity contribution in [1.82, 2.24) is 10.6 Å². The molecule has 20 heavy (non-hydrogen) atoms. The standard InChI is InChI=1S/C16H24FN3/c1-4-18-16(19-10-11(2)3)20-15-9-13(15)12-7-5-6-8-14(12)17/h5-8,11,13,15H,4,9-10H2,1-3H3,(H2,18,19,20). The summed E-state index contributed by atoms with van der Waals surface area (Å²) < 4.78 is 13.7. The van der Waals surface area contributed by atoms with Crippen molar-refractivity contribution in [3.63, 3.8) is 0 Å². The Bertz CT molecular complexity index is 471. The molecule has 1 fully saturated rings. The maximum Gasteiger partial charge on any atom is 0.191 e. The van der Waals surface area contributed by atoms with E-state index in [0.717, 1.165) is 31.0 Å². The monoisotopic (exact) mass is 277 g/mol. The molecule has 0 radical (unpaired) electrons. The molecule has 0 bridgehead atoms. The first-order valence-corrected chi connectivity index (χ1v) is 7.41. The number of guanidine groups is 1. The Morgan fingerprint density at radius 2 is 2.15 bits per heavy atom. The molecular formula is C16H24FN3. The minimum Gasteiger partial charge on any atom is -0.357 e. The summed E-state index contributed by atoms with van der Waals surface area (Å²) >= 11 is 0. The van der Waals surface area contributed by atoms with Gasteiger partial charge in [-0.25, -0.2) is 4.39 Å². The Morgan fingerprint density at radius 1 is 1.40 bits per heavy atom. The van der Waals surface area contributed by atoms with Gasteiger partial charge >= 0.3 is 0 Å². The van der Waals surface area contributed by atoms with Gasteiger partial charge in [-0.2, -0.15) is 0 Å². The molecule has 1 aromatic rings. The third kappa shape index (κ3) is 3.95. The topological polar surface area (TPSA) is 36.4 Å². The lowest BCUT2D eigenvalue weighted by Gasteiger charge is -2.12. The fraction of sp³-hybridized carbons (Fsp3) is 0.562. The van der Waals surface area contributed by atoms with E-state index in [1.807, 2.05) is 19.1 Å². The molecule has 110 valence electrons. The molecule has 3 nitrogen and oxygen atoms in total. The van der Waals surface area contributed by atoms with Crippen LogP contribution < -0.4 is 10.6 Å². The van der Waals surface area contributed by atoms with Crippen molar-refractivity contribution in [2.24, 2.45) is 10.9 Å². The number of hydrogen-bond acceptors (Lipinski definition) is 1. The van der Waals surface area contributed by atoms with Crippen LogP contribution in [0.15, 0.2) is 29.3 Å². The highest BCUT2D eigenvalue weighted by molar-refractivity contribution is 5.80. The third-order valence-electron chi connectivity index (χ3n) is 3.38. The zero-order chi connectivity index (χ0) is 14.5. The van der Waals surface area contributed by atoms with Gasteiger partial charge in [0, 0.05) is 25.0 Å². The van der Waals surface area contributed by atoms with Crippen LogP contribution in [-0.4, -0.2) is 25.1 Å². The lowest BCUT2D eigenvalue weighted by molar-refractivity contribution is 0.607. The Balaban J connectivity index is 1.94. The minimum atomic E-state index is -0.106. The Labute approximate surface area is 120 Å². The van der Waals surface area contributed by atoms with Crippen LogP contribution in [-0.2, 0) is 0 Å². The quantitative estimate of drug-likeness (QED) is 0.641. The summed E-state index contributed by atoms with van der Waals surface area (Å²) in [5.74, 6) is 1.53. The Hall–Kier alpha value is -1.58. The predicted molar refractivity (Wildman–Crippen MR) is 81.5 cm³/mol. The summed E-state index contributed by atoms with van der Waals surface area (Å²) in [6, 6.07) is 7.32.